The van der Waals surface area contributed by atoms with Crippen LogP contribution >= 0.6 is 0 Å². The Labute approximate surface area is 180 Å². The molecule has 3 atom stereocenters. The molecule has 31 heavy (non-hydrogen) atoms. The molecule has 0 spiro atoms. The van der Waals surface area contributed by atoms with E-state index in [0.717, 1.165) is 29.1 Å². The zero-order chi connectivity index (χ0) is 22.3. The molecular weight excluding hydrogens is 400 g/mol. The van der Waals surface area contributed by atoms with E-state index >= 15 is 0 Å². The number of nitrogens with one attached hydrogen (secondary N) is 1. The number of imide groups is 2. The van der Waals surface area contributed by atoms with E-state index in [1.54, 1.807) is 31.2 Å². The van der Waals surface area contributed by atoms with Crippen molar-refractivity contribution < 1.29 is 24.0 Å². The summed E-state index contributed by atoms with van der Waals surface area (Å²) < 4.78 is 0. The maximum atomic E-state index is 13.2. The average Bonchev–Trinajstić information content (AvgIpc) is 2.85. The van der Waals surface area contributed by atoms with E-state index in [9.17, 15) is 24.0 Å². The first kappa shape index (κ1) is 21.0. The van der Waals surface area contributed by atoms with Crippen molar-refractivity contribution in [2.75, 3.05) is 16.8 Å². The molecule has 3 aliphatic rings. The topological polar surface area (TPSA) is 107 Å². The summed E-state index contributed by atoms with van der Waals surface area (Å²) in [6.45, 7) is 3.16. The van der Waals surface area contributed by atoms with Crippen LogP contribution in [0.15, 0.2) is 24.3 Å². The van der Waals surface area contributed by atoms with Gasteiger partial charge >= 0.3 is 17.8 Å². The van der Waals surface area contributed by atoms with Crippen LogP contribution < -0.4 is 10.2 Å². The van der Waals surface area contributed by atoms with Crippen molar-refractivity contribution in [2.45, 2.75) is 58.0 Å². The summed E-state index contributed by atoms with van der Waals surface area (Å²) in [5.74, 6) is -2.47. The summed E-state index contributed by atoms with van der Waals surface area (Å²) in [4.78, 5) is 66.8. The third-order valence-corrected chi connectivity index (χ3v) is 6.40. The second kappa shape index (κ2) is 8.13. The van der Waals surface area contributed by atoms with Crippen LogP contribution in [0.4, 0.5) is 16.2 Å². The van der Waals surface area contributed by atoms with Gasteiger partial charge in [0.05, 0.1) is 11.4 Å². The summed E-state index contributed by atoms with van der Waals surface area (Å²) in [5.41, 5.74) is 0.979. The molecule has 9 heteroatoms. The lowest BCUT2D eigenvalue weighted by Crippen LogP contribution is -2.48. The lowest BCUT2D eigenvalue weighted by Gasteiger charge is -2.34. The van der Waals surface area contributed by atoms with Gasteiger partial charge in [0.2, 0.25) is 11.8 Å². The van der Waals surface area contributed by atoms with Gasteiger partial charge in [-0.15, -0.1) is 0 Å². The third kappa shape index (κ3) is 3.68. The number of para-hydroxylation sites is 2. The molecule has 1 aromatic carbocycles. The maximum Gasteiger partial charge on any atom is 0.334 e. The van der Waals surface area contributed by atoms with Crippen molar-refractivity contribution in [1.29, 1.82) is 0 Å². The largest absolute Gasteiger partial charge is 0.334 e. The summed E-state index contributed by atoms with van der Waals surface area (Å²) >= 11 is 0. The number of carbonyl (C=O) groups excluding carboxylic acids is 5. The molecular formula is C22H26N4O5. The van der Waals surface area contributed by atoms with Gasteiger partial charge in [-0.1, -0.05) is 31.9 Å². The minimum atomic E-state index is -0.971. The van der Waals surface area contributed by atoms with Crippen LogP contribution in [-0.4, -0.2) is 58.1 Å². The molecule has 1 saturated heterocycles. The van der Waals surface area contributed by atoms with Gasteiger partial charge < -0.3 is 10.2 Å². The lowest BCUT2D eigenvalue weighted by atomic mass is 9.85. The number of fused-ring (bicyclic) bond motifs is 1. The number of nitrogens with zero attached hydrogens (tertiary/aromatic N) is 3. The monoisotopic (exact) mass is 426 g/mol. The molecule has 1 saturated carbocycles. The molecule has 6 amide bonds. The Kier molecular flexibility index (Phi) is 5.51. The highest BCUT2D eigenvalue weighted by Gasteiger charge is 2.50. The number of hydrogen-bond donors (Lipinski definition) is 1. The second-order valence-corrected chi connectivity index (χ2v) is 8.56. The fourth-order valence-corrected chi connectivity index (χ4v) is 4.81. The molecule has 0 aromatic heterocycles. The van der Waals surface area contributed by atoms with Crippen LogP contribution in [0.5, 0.6) is 0 Å². The zero-order valence-corrected chi connectivity index (χ0v) is 17.7. The smallest absolute Gasteiger partial charge is 0.324 e. The number of urea groups is 1. The molecule has 2 fully saturated rings. The van der Waals surface area contributed by atoms with Gasteiger partial charge in [-0.25, -0.2) is 9.69 Å². The maximum absolute atomic E-state index is 13.2. The van der Waals surface area contributed by atoms with Crippen LogP contribution in [0.3, 0.4) is 0 Å². The summed E-state index contributed by atoms with van der Waals surface area (Å²) in [7, 11) is 0. The van der Waals surface area contributed by atoms with Crippen LogP contribution in [0.2, 0.25) is 0 Å². The van der Waals surface area contributed by atoms with E-state index in [1.807, 2.05) is 6.92 Å². The predicted octanol–water partition coefficient (Wildman–Crippen LogP) is 2.12. The Bertz CT molecular complexity index is 961. The third-order valence-electron chi connectivity index (χ3n) is 6.40. The van der Waals surface area contributed by atoms with Gasteiger partial charge in [0, 0.05) is 18.5 Å². The predicted molar refractivity (Wildman–Crippen MR) is 112 cm³/mol. The highest BCUT2D eigenvalue weighted by molar-refractivity contribution is 6.45. The van der Waals surface area contributed by atoms with E-state index in [4.69, 9.17) is 0 Å². The van der Waals surface area contributed by atoms with Crippen LogP contribution in [0, 0.1) is 5.92 Å². The molecule has 0 radical (unpaired) electrons. The number of amides is 6. The summed E-state index contributed by atoms with van der Waals surface area (Å²) in [5, 5.41) is 2.77. The van der Waals surface area contributed by atoms with Gasteiger partial charge in [0.25, 0.3) is 0 Å². The van der Waals surface area contributed by atoms with E-state index in [-0.39, 0.29) is 24.3 Å². The molecule has 4 rings (SSSR count). The Morgan fingerprint density at radius 3 is 2.48 bits per heavy atom. The van der Waals surface area contributed by atoms with Gasteiger partial charge in [-0.2, -0.15) is 0 Å². The van der Waals surface area contributed by atoms with Crippen molar-refractivity contribution in [1.82, 2.24) is 9.80 Å². The zero-order valence-electron chi connectivity index (χ0n) is 17.7. The molecule has 3 unspecified atom stereocenters. The van der Waals surface area contributed by atoms with Gasteiger partial charge in [-0.05, 0) is 37.8 Å². The first-order valence-corrected chi connectivity index (χ1v) is 10.7. The fraction of sp³-hybridized carbons (Fsp3) is 0.500. The quantitative estimate of drug-likeness (QED) is 0.589. The molecule has 1 aliphatic carbocycles. The van der Waals surface area contributed by atoms with Crippen LogP contribution in [-0.2, 0) is 19.2 Å². The molecule has 164 valence electrons. The molecule has 1 aromatic rings. The minimum Gasteiger partial charge on any atom is -0.324 e. The van der Waals surface area contributed by atoms with Crippen LogP contribution in [0.25, 0.3) is 0 Å². The molecule has 9 nitrogen and oxygen atoms in total. The first-order valence-electron chi connectivity index (χ1n) is 10.7. The Balaban J connectivity index is 1.58. The van der Waals surface area contributed by atoms with Crippen LogP contribution in [0.1, 0.15) is 46.0 Å². The van der Waals surface area contributed by atoms with Crippen molar-refractivity contribution in [2.24, 2.45) is 5.92 Å². The molecule has 2 heterocycles. The number of benzene rings is 1. The van der Waals surface area contributed by atoms with Gasteiger partial charge in [-0.3, -0.25) is 24.1 Å². The van der Waals surface area contributed by atoms with E-state index in [1.165, 1.54) is 4.90 Å². The highest BCUT2D eigenvalue weighted by Crippen LogP contribution is 2.33. The number of hydrogen-bond acceptors (Lipinski definition) is 5. The first-order chi connectivity index (χ1) is 14.8. The minimum absolute atomic E-state index is 0.0763. The van der Waals surface area contributed by atoms with E-state index in [0.29, 0.717) is 17.8 Å². The average molecular weight is 426 g/mol. The SMILES string of the molecule is CC1CCCCC1N1C(=O)C(=O)N(CC(=O)N2c3ccccc3NC(=O)CC2C)C1=O. The van der Waals surface area contributed by atoms with Crippen molar-refractivity contribution in [3.05, 3.63) is 24.3 Å². The Hall–Kier alpha value is -3.23. The summed E-state index contributed by atoms with van der Waals surface area (Å²) in [6, 6.07) is 5.34. The number of rotatable bonds is 3. The van der Waals surface area contributed by atoms with Crippen molar-refractivity contribution in [3.8, 4) is 0 Å². The molecule has 2 aliphatic heterocycles. The number of anilines is 2. The van der Waals surface area contributed by atoms with Gasteiger partial charge in [0.1, 0.15) is 6.54 Å². The van der Waals surface area contributed by atoms with Gasteiger partial charge in [0.15, 0.2) is 0 Å². The highest BCUT2D eigenvalue weighted by atomic mass is 16.2. The fourth-order valence-electron chi connectivity index (χ4n) is 4.81. The second-order valence-electron chi connectivity index (χ2n) is 8.56. The van der Waals surface area contributed by atoms with Crippen molar-refractivity contribution in [3.63, 3.8) is 0 Å². The Morgan fingerprint density at radius 2 is 1.74 bits per heavy atom. The lowest BCUT2D eigenvalue weighted by molar-refractivity contribution is -0.145. The van der Waals surface area contributed by atoms with Crippen molar-refractivity contribution >= 4 is 41.0 Å². The molecule has 0 bridgehead atoms. The normalized spacial score (nSPS) is 26.6. The molecule has 1 N–H and O–H groups in total. The summed E-state index contributed by atoms with van der Waals surface area (Å²) in [6.07, 6.45) is 3.55. The number of carbonyl (C=O) groups is 5. The van der Waals surface area contributed by atoms with E-state index < -0.39 is 36.3 Å². The standard InChI is InChI=1S/C22H26N4O5/c1-13-7-3-5-9-16(13)26-21(30)20(29)24(22(26)31)12-19(28)25-14(2)11-18(27)23-15-8-4-6-10-17(15)25/h4,6,8,10,13-14,16H,3,5,7,9,11-12H2,1-2H3,(H,23,27). The van der Waals surface area contributed by atoms with E-state index in [2.05, 4.69) is 5.32 Å². The Morgan fingerprint density at radius 1 is 1.03 bits per heavy atom.